The molecule has 0 aliphatic rings. The second-order valence-electron chi connectivity index (χ2n) is 4.90. The van der Waals surface area contributed by atoms with Gasteiger partial charge >= 0.3 is 0 Å². The molecule has 2 N–H and O–H groups in total. The van der Waals surface area contributed by atoms with Gasteiger partial charge in [0.05, 0.1) is 20.4 Å². The predicted octanol–water partition coefficient (Wildman–Crippen LogP) is 3.30. The lowest BCUT2D eigenvalue weighted by molar-refractivity contribution is 0.0921. The Balaban J connectivity index is 2.57. The summed E-state index contributed by atoms with van der Waals surface area (Å²) in [5.41, 5.74) is 0. The average molecular weight is 445 g/mol. The Hall–Kier alpha value is -0.150. The minimum absolute atomic E-state index is 0.0155. The van der Waals surface area contributed by atoms with E-state index in [9.17, 15) is 8.42 Å². The van der Waals surface area contributed by atoms with Crippen molar-refractivity contribution in [2.24, 2.45) is 11.1 Å². The van der Waals surface area contributed by atoms with Crippen molar-refractivity contribution in [1.82, 2.24) is 0 Å². The second-order valence-corrected chi connectivity index (χ2v) is 8.17. The fraction of sp³-hybridized carbons (Fsp3) is 0.538. The van der Waals surface area contributed by atoms with Crippen LogP contribution in [0.1, 0.15) is 20.3 Å². The number of primary sulfonamides is 1. The van der Waals surface area contributed by atoms with E-state index in [1.165, 1.54) is 12.1 Å². The van der Waals surface area contributed by atoms with Crippen molar-refractivity contribution >= 4 is 41.9 Å². The molecule has 0 saturated heterocycles. The molecule has 1 aromatic carbocycles. The maximum Gasteiger partial charge on any atom is 0.238 e. The summed E-state index contributed by atoms with van der Waals surface area (Å²) < 4.78 is 34.7. The summed E-state index contributed by atoms with van der Waals surface area (Å²) in [5, 5.41) is 5.09. The fourth-order valence-corrected chi connectivity index (χ4v) is 3.75. The average Bonchev–Trinajstić information content (AvgIpc) is 2.34. The van der Waals surface area contributed by atoms with E-state index in [0.717, 1.165) is 6.42 Å². The van der Waals surface area contributed by atoms with Gasteiger partial charge in [-0.2, -0.15) is 0 Å². The highest BCUT2D eigenvalue weighted by Gasteiger charge is 2.15. The van der Waals surface area contributed by atoms with Gasteiger partial charge in [0.2, 0.25) is 10.0 Å². The van der Waals surface area contributed by atoms with Crippen molar-refractivity contribution in [2.45, 2.75) is 25.2 Å². The third-order valence-electron chi connectivity index (χ3n) is 2.61. The molecule has 0 aromatic heterocycles. The predicted molar refractivity (Wildman–Crippen MR) is 89.0 cm³/mol. The van der Waals surface area contributed by atoms with Crippen LogP contribution in [-0.4, -0.2) is 28.2 Å². The molecule has 1 aromatic rings. The molecule has 0 spiro atoms. The summed E-state index contributed by atoms with van der Waals surface area (Å²) >= 11 is 6.55. The summed E-state index contributed by atoms with van der Waals surface area (Å²) in [4.78, 5) is 0.0155. The van der Waals surface area contributed by atoms with Crippen LogP contribution in [0.15, 0.2) is 26.0 Å². The maximum absolute atomic E-state index is 11.3. The van der Waals surface area contributed by atoms with Crippen LogP contribution in [-0.2, 0) is 14.8 Å². The van der Waals surface area contributed by atoms with Gasteiger partial charge < -0.3 is 9.47 Å². The Morgan fingerprint density at radius 1 is 1.14 bits per heavy atom. The third-order valence-corrected chi connectivity index (χ3v) is 4.68. The quantitative estimate of drug-likeness (QED) is 0.624. The number of benzene rings is 1. The fourth-order valence-electron chi connectivity index (χ4n) is 1.46. The highest BCUT2D eigenvalue weighted by atomic mass is 79.9. The van der Waals surface area contributed by atoms with Crippen molar-refractivity contribution in [3.8, 4) is 5.75 Å². The molecule has 0 fully saturated rings. The lowest BCUT2D eigenvalue weighted by Gasteiger charge is -2.12. The van der Waals surface area contributed by atoms with Crippen molar-refractivity contribution < 1.29 is 17.9 Å². The van der Waals surface area contributed by atoms with Gasteiger partial charge in [0.25, 0.3) is 0 Å². The Labute approximate surface area is 142 Å². The first-order chi connectivity index (χ1) is 9.71. The van der Waals surface area contributed by atoms with Crippen LogP contribution in [0.2, 0.25) is 0 Å². The summed E-state index contributed by atoms with van der Waals surface area (Å²) in [6, 6.07) is 2.82. The lowest BCUT2D eigenvalue weighted by Crippen LogP contribution is -2.13. The van der Waals surface area contributed by atoms with E-state index in [1.54, 1.807) is 0 Å². The number of halogens is 2. The standard InChI is InChI=1S/C13H19Br2NO4S/c1-9(2)3-4-19-5-6-20-13-11(14)7-10(8-12(13)15)21(16,17)18/h7-9H,3-6H2,1-2H3,(H2,16,17,18). The largest absolute Gasteiger partial charge is 0.489 e. The Morgan fingerprint density at radius 3 is 2.19 bits per heavy atom. The smallest absolute Gasteiger partial charge is 0.238 e. The number of hydrogen-bond donors (Lipinski definition) is 1. The van der Waals surface area contributed by atoms with Crippen molar-refractivity contribution in [3.63, 3.8) is 0 Å². The first-order valence-corrected chi connectivity index (χ1v) is 9.57. The van der Waals surface area contributed by atoms with Gasteiger partial charge in [-0.25, -0.2) is 13.6 Å². The van der Waals surface area contributed by atoms with Crippen LogP contribution in [0.3, 0.4) is 0 Å². The number of nitrogens with two attached hydrogens (primary N) is 1. The Kier molecular flexibility index (Phi) is 7.63. The molecule has 8 heteroatoms. The molecule has 0 atom stereocenters. The van der Waals surface area contributed by atoms with Crippen LogP contribution in [0, 0.1) is 5.92 Å². The molecule has 21 heavy (non-hydrogen) atoms. The van der Waals surface area contributed by atoms with E-state index in [0.29, 0.717) is 40.4 Å². The molecule has 1 rings (SSSR count). The van der Waals surface area contributed by atoms with Crippen LogP contribution < -0.4 is 9.88 Å². The SMILES string of the molecule is CC(C)CCOCCOc1c(Br)cc(S(N)(=O)=O)cc1Br. The minimum Gasteiger partial charge on any atom is -0.489 e. The Morgan fingerprint density at radius 2 is 1.71 bits per heavy atom. The van der Waals surface area contributed by atoms with Crippen LogP contribution in [0.25, 0.3) is 0 Å². The molecule has 0 aliphatic heterocycles. The van der Waals surface area contributed by atoms with Crippen LogP contribution in [0.5, 0.6) is 5.75 Å². The normalized spacial score (nSPS) is 11.9. The van der Waals surface area contributed by atoms with Gasteiger partial charge in [-0.3, -0.25) is 0 Å². The summed E-state index contributed by atoms with van der Waals surface area (Å²) in [5.74, 6) is 1.13. The second kappa shape index (κ2) is 8.47. The van der Waals surface area contributed by atoms with Crippen LogP contribution >= 0.6 is 31.9 Å². The molecular formula is C13H19Br2NO4S. The van der Waals surface area contributed by atoms with Gasteiger partial charge in [-0.1, -0.05) is 13.8 Å². The molecule has 0 amide bonds. The number of rotatable bonds is 8. The molecule has 5 nitrogen and oxygen atoms in total. The van der Waals surface area contributed by atoms with Gasteiger partial charge in [0.15, 0.2) is 0 Å². The summed E-state index contributed by atoms with van der Waals surface area (Å²) in [7, 11) is -3.75. The van der Waals surface area contributed by atoms with E-state index in [2.05, 4.69) is 45.7 Å². The van der Waals surface area contributed by atoms with Gasteiger partial charge in [0, 0.05) is 6.61 Å². The first kappa shape index (κ1) is 18.9. The minimum atomic E-state index is -3.75. The van der Waals surface area contributed by atoms with Gasteiger partial charge in [-0.05, 0) is 56.3 Å². The highest BCUT2D eigenvalue weighted by molar-refractivity contribution is 9.11. The van der Waals surface area contributed by atoms with E-state index in [1.807, 2.05) is 0 Å². The lowest BCUT2D eigenvalue weighted by atomic mass is 10.1. The van der Waals surface area contributed by atoms with E-state index < -0.39 is 10.0 Å². The molecular weight excluding hydrogens is 426 g/mol. The molecule has 0 bridgehead atoms. The van der Waals surface area contributed by atoms with E-state index in [-0.39, 0.29) is 4.90 Å². The van der Waals surface area contributed by atoms with Crippen molar-refractivity contribution in [1.29, 1.82) is 0 Å². The van der Waals surface area contributed by atoms with Crippen molar-refractivity contribution in [2.75, 3.05) is 19.8 Å². The molecule has 0 saturated carbocycles. The van der Waals surface area contributed by atoms with Gasteiger partial charge in [0.1, 0.15) is 12.4 Å². The topological polar surface area (TPSA) is 78.6 Å². The number of hydrogen-bond acceptors (Lipinski definition) is 4. The zero-order chi connectivity index (χ0) is 16.0. The molecule has 0 aliphatic carbocycles. The van der Waals surface area contributed by atoms with Crippen LogP contribution in [0.4, 0.5) is 0 Å². The number of sulfonamides is 1. The van der Waals surface area contributed by atoms with E-state index in [4.69, 9.17) is 14.6 Å². The Bertz CT molecular complexity index is 553. The monoisotopic (exact) mass is 443 g/mol. The zero-order valence-corrected chi connectivity index (χ0v) is 15.9. The summed E-state index contributed by atoms with van der Waals surface area (Å²) in [6.45, 7) is 5.84. The van der Waals surface area contributed by atoms with Crippen molar-refractivity contribution in [3.05, 3.63) is 21.1 Å². The van der Waals surface area contributed by atoms with Gasteiger partial charge in [-0.15, -0.1) is 0 Å². The molecule has 0 radical (unpaired) electrons. The third kappa shape index (κ3) is 6.65. The van der Waals surface area contributed by atoms with E-state index >= 15 is 0 Å². The highest BCUT2D eigenvalue weighted by Crippen LogP contribution is 2.35. The molecule has 120 valence electrons. The zero-order valence-electron chi connectivity index (χ0n) is 11.9. The first-order valence-electron chi connectivity index (χ1n) is 6.44. The molecule has 0 heterocycles. The molecule has 0 unspecified atom stereocenters. The summed E-state index contributed by atoms with van der Waals surface area (Å²) in [6.07, 6.45) is 1.01. The maximum atomic E-state index is 11.3. The number of ether oxygens (including phenoxy) is 2.